The summed E-state index contributed by atoms with van der Waals surface area (Å²) < 4.78 is 5.43. The first kappa shape index (κ1) is 8.51. The topological polar surface area (TPSA) is 41.8 Å². The Morgan fingerprint density at radius 3 is 3.08 bits per heavy atom. The Labute approximate surface area is 77.4 Å². The van der Waals surface area contributed by atoms with Crippen LogP contribution in [0.5, 0.6) is 0 Å². The van der Waals surface area contributed by atoms with Gasteiger partial charge in [0.05, 0.1) is 6.61 Å². The number of aliphatic imine (C=N–C) groups is 1. The van der Waals surface area contributed by atoms with E-state index in [1.165, 1.54) is 0 Å². The van der Waals surface area contributed by atoms with Crippen molar-refractivity contribution in [3.63, 3.8) is 0 Å². The Bertz CT molecular complexity index is 304. The summed E-state index contributed by atoms with van der Waals surface area (Å²) in [6.45, 7) is 2.41. The molecule has 1 aliphatic carbocycles. The zero-order chi connectivity index (χ0) is 9.31. The molecular weight excluding hydrogens is 166 g/mol. The second kappa shape index (κ2) is 3.00. The summed E-state index contributed by atoms with van der Waals surface area (Å²) in [5, 5.41) is 9.06. The highest BCUT2D eigenvalue weighted by Crippen LogP contribution is 2.23. The van der Waals surface area contributed by atoms with Gasteiger partial charge in [-0.3, -0.25) is 0 Å². The van der Waals surface area contributed by atoms with E-state index in [9.17, 15) is 0 Å². The number of hydrogen-bond acceptors (Lipinski definition) is 3. The lowest BCUT2D eigenvalue weighted by Gasteiger charge is -2.12. The van der Waals surface area contributed by atoms with Gasteiger partial charge in [-0.1, -0.05) is 18.2 Å². The molecule has 0 amide bonds. The Morgan fingerprint density at radius 2 is 2.54 bits per heavy atom. The van der Waals surface area contributed by atoms with Gasteiger partial charge in [-0.2, -0.15) is 0 Å². The van der Waals surface area contributed by atoms with Gasteiger partial charge >= 0.3 is 0 Å². The Balaban J connectivity index is 2.15. The number of aliphatic hydroxyl groups is 1. The third-order valence-corrected chi connectivity index (χ3v) is 2.28. The summed E-state index contributed by atoms with van der Waals surface area (Å²) in [7, 11) is 0. The number of hydrogen-bond donors (Lipinski definition) is 1. The molecular formula is C10H13NO2. The van der Waals surface area contributed by atoms with Crippen LogP contribution in [0, 0.1) is 0 Å². The molecule has 0 fully saturated rings. The average Bonchev–Trinajstić information content (AvgIpc) is 2.73. The van der Waals surface area contributed by atoms with Gasteiger partial charge in [-0.15, -0.1) is 0 Å². The highest BCUT2D eigenvalue weighted by atomic mass is 16.5. The van der Waals surface area contributed by atoms with Crippen molar-refractivity contribution in [2.24, 2.45) is 4.99 Å². The molecule has 2 aliphatic rings. The van der Waals surface area contributed by atoms with Gasteiger partial charge in [0.25, 0.3) is 0 Å². The highest BCUT2D eigenvalue weighted by molar-refractivity contribution is 5.96. The lowest BCUT2D eigenvalue weighted by atomic mass is 10.1. The summed E-state index contributed by atoms with van der Waals surface area (Å²) >= 11 is 0. The van der Waals surface area contributed by atoms with Crippen LogP contribution in [0.3, 0.4) is 0 Å². The smallest absolute Gasteiger partial charge is 0.213 e. The van der Waals surface area contributed by atoms with Crippen molar-refractivity contribution < 1.29 is 9.84 Å². The maximum atomic E-state index is 9.06. The van der Waals surface area contributed by atoms with Crippen molar-refractivity contribution in [1.82, 2.24) is 0 Å². The third-order valence-electron chi connectivity index (χ3n) is 2.28. The zero-order valence-electron chi connectivity index (χ0n) is 7.66. The lowest BCUT2D eigenvalue weighted by molar-refractivity contribution is 0.170. The number of rotatable bonds is 2. The molecule has 0 bridgehead atoms. The molecule has 0 radical (unpaired) electrons. The van der Waals surface area contributed by atoms with Crippen LogP contribution >= 0.6 is 0 Å². The van der Waals surface area contributed by atoms with Gasteiger partial charge in [-0.05, 0) is 13.3 Å². The predicted octanol–water partition coefficient (Wildman–Crippen LogP) is 1.05. The van der Waals surface area contributed by atoms with E-state index in [-0.39, 0.29) is 6.61 Å². The first-order valence-electron chi connectivity index (χ1n) is 4.43. The second-order valence-electron chi connectivity index (χ2n) is 3.68. The first-order chi connectivity index (χ1) is 6.23. The van der Waals surface area contributed by atoms with Crippen molar-refractivity contribution in [2.45, 2.75) is 18.9 Å². The molecule has 1 aliphatic heterocycles. The van der Waals surface area contributed by atoms with E-state index < -0.39 is 5.54 Å². The summed E-state index contributed by atoms with van der Waals surface area (Å²) in [6.07, 6.45) is 6.95. The molecule has 0 aromatic rings. The van der Waals surface area contributed by atoms with Gasteiger partial charge in [0.1, 0.15) is 12.1 Å². The number of allylic oxidation sites excluding steroid dienone is 3. The Morgan fingerprint density at radius 1 is 1.69 bits per heavy atom. The summed E-state index contributed by atoms with van der Waals surface area (Å²) in [4.78, 5) is 4.36. The van der Waals surface area contributed by atoms with Crippen molar-refractivity contribution in [2.75, 3.05) is 13.2 Å². The van der Waals surface area contributed by atoms with Gasteiger partial charge in [0, 0.05) is 5.57 Å². The van der Waals surface area contributed by atoms with Gasteiger partial charge in [-0.25, -0.2) is 4.99 Å². The van der Waals surface area contributed by atoms with Crippen LogP contribution in [0.2, 0.25) is 0 Å². The monoisotopic (exact) mass is 179 g/mol. The normalized spacial score (nSPS) is 31.5. The largest absolute Gasteiger partial charge is 0.475 e. The standard InChI is InChI=1S/C10H13NO2/c1-10(6-12)7-13-9(11-10)8-4-2-3-5-8/h2-4,12H,5-7H2,1H3. The molecule has 0 aromatic heterocycles. The number of aliphatic hydroxyl groups excluding tert-OH is 1. The van der Waals surface area contributed by atoms with Gasteiger partial charge in [0.2, 0.25) is 5.90 Å². The molecule has 3 heteroatoms. The third kappa shape index (κ3) is 1.52. The molecule has 0 aromatic carbocycles. The molecule has 0 saturated heterocycles. The fourth-order valence-electron chi connectivity index (χ4n) is 1.38. The molecule has 0 saturated carbocycles. The average molecular weight is 179 g/mol. The van der Waals surface area contributed by atoms with E-state index in [2.05, 4.69) is 11.1 Å². The highest BCUT2D eigenvalue weighted by Gasteiger charge is 2.32. The van der Waals surface area contributed by atoms with Gasteiger partial charge in [0.15, 0.2) is 0 Å². The molecule has 2 rings (SSSR count). The fraction of sp³-hybridized carbons (Fsp3) is 0.500. The molecule has 1 heterocycles. The maximum absolute atomic E-state index is 9.06. The minimum Gasteiger partial charge on any atom is -0.475 e. The molecule has 1 unspecified atom stereocenters. The Kier molecular flexibility index (Phi) is 1.96. The summed E-state index contributed by atoms with van der Waals surface area (Å²) in [5.41, 5.74) is 0.677. The van der Waals surface area contributed by atoms with E-state index in [0.29, 0.717) is 12.5 Å². The summed E-state index contributed by atoms with van der Waals surface area (Å²) in [5.74, 6) is 0.696. The maximum Gasteiger partial charge on any atom is 0.213 e. The predicted molar refractivity (Wildman–Crippen MR) is 50.7 cm³/mol. The van der Waals surface area contributed by atoms with Crippen molar-refractivity contribution in [3.8, 4) is 0 Å². The van der Waals surface area contributed by atoms with E-state index in [0.717, 1.165) is 12.0 Å². The minimum absolute atomic E-state index is 0.0389. The first-order valence-corrected chi connectivity index (χ1v) is 4.43. The van der Waals surface area contributed by atoms with Crippen LogP contribution in [0.15, 0.2) is 28.8 Å². The SMILES string of the molecule is CC1(CO)COC(C2=CC=CC2)=N1. The molecule has 13 heavy (non-hydrogen) atoms. The van der Waals surface area contributed by atoms with Crippen LogP contribution in [-0.4, -0.2) is 29.8 Å². The van der Waals surface area contributed by atoms with Crippen LogP contribution < -0.4 is 0 Å². The number of ether oxygens (including phenoxy) is 1. The fourth-order valence-corrected chi connectivity index (χ4v) is 1.38. The van der Waals surface area contributed by atoms with Crippen molar-refractivity contribution in [1.29, 1.82) is 0 Å². The molecule has 3 nitrogen and oxygen atoms in total. The van der Waals surface area contributed by atoms with Crippen LogP contribution in [0.25, 0.3) is 0 Å². The van der Waals surface area contributed by atoms with Crippen molar-refractivity contribution in [3.05, 3.63) is 23.8 Å². The van der Waals surface area contributed by atoms with E-state index in [1.54, 1.807) is 0 Å². The van der Waals surface area contributed by atoms with Crippen molar-refractivity contribution >= 4 is 5.90 Å². The van der Waals surface area contributed by atoms with Gasteiger partial charge < -0.3 is 9.84 Å². The number of nitrogens with zero attached hydrogens (tertiary/aromatic N) is 1. The summed E-state index contributed by atoms with van der Waals surface area (Å²) in [6, 6.07) is 0. The second-order valence-corrected chi connectivity index (χ2v) is 3.68. The quantitative estimate of drug-likeness (QED) is 0.688. The van der Waals surface area contributed by atoms with E-state index in [4.69, 9.17) is 9.84 Å². The minimum atomic E-state index is -0.432. The lowest BCUT2D eigenvalue weighted by Crippen LogP contribution is -2.28. The van der Waals surface area contributed by atoms with Crippen LogP contribution in [0.4, 0.5) is 0 Å². The van der Waals surface area contributed by atoms with Crippen LogP contribution in [-0.2, 0) is 4.74 Å². The molecule has 1 N–H and O–H groups in total. The van der Waals surface area contributed by atoms with E-state index >= 15 is 0 Å². The van der Waals surface area contributed by atoms with E-state index in [1.807, 2.05) is 19.1 Å². The molecule has 70 valence electrons. The molecule has 0 spiro atoms. The van der Waals surface area contributed by atoms with Crippen LogP contribution in [0.1, 0.15) is 13.3 Å². The zero-order valence-corrected chi connectivity index (χ0v) is 7.66. The Hall–Kier alpha value is -1.09. The molecule has 1 atom stereocenters.